The van der Waals surface area contributed by atoms with E-state index in [9.17, 15) is 4.39 Å². The second-order valence-electron chi connectivity index (χ2n) is 7.25. The minimum absolute atomic E-state index is 0.221. The Balaban J connectivity index is 1.48. The second-order valence-corrected chi connectivity index (χ2v) is 7.25. The summed E-state index contributed by atoms with van der Waals surface area (Å²) in [7, 11) is 0. The third-order valence-electron chi connectivity index (χ3n) is 5.01. The highest BCUT2D eigenvalue weighted by atomic mass is 19.1. The molecular weight excluding hydrogens is 393 g/mol. The monoisotopic (exact) mass is 413 g/mol. The number of nitrogens with one attached hydrogen (secondary N) is 2. The molecule has 0 fully saturated rings. The Morgan fingerprint density at radius 1 is 1.00 bits per heavy atom. The van der Waals surface area contributed by atoms with E-state index in [0.717, 1.165) is 39.8 Å². The van der Waals surface area contributed by atoms with Gasteiger partial charge in [0.05, 0.1) is 23.6 Å². The lowest BCUT2D eigenvalue weighted by molar-refractivity contribution is 0.584. The number of imidazole rings is 1. The number of benzene rings is 1. The Morgan fingerprint density at radius 3 is 2.77 bits per heavy atom. The Kier molecular flexibility index (Phi) is 4.97. The standard InChI is InChI=1S/C23H20FN7/c1-15-5-4-8-19(28-15)23-22(17-9-10-21-26-14-27-31(21)13-17)29-20(30-23)12-25-11-16-6-2-3-7-18(16)24/h2-10,13-14,25H,11-12H2,1H3,(H,29,30). The van der Waals surface area contributed by atoms with Gasteiger partial charge in [0.1, 0.15) is 18.0 Å². The summed E-state index contributed by atoms with van der Waals surface area (Å²) in [5, 5.41) is 7.48. The van der Waals surface area contributed by atoms with Crippen LogP contribution in [-0.4, -0.2) is 29.5 Å². The molecule has 0 bridgehead atoms. The van der Waals surface area contributed by atoms with Crippen molar-refractivity contribution in [2.45, 2.75) is 20.0 Å². The molecule has 0 saturated carbocycles. The molecule has 0 aliphatic rings. The lowest BCUT2D eigenvalue weighted by atomic mass is 10.1. The fourth-order valence-electron chi connectivity index (χ4n) is 3.50. The molecule has 2 N–H and O–H groups in total. The molecule has 0 aliphatic carbocycles. The number of hydrogen-bond acceptors (Lipinski definition) is 5. The summed E-state index contributed by atoms with van der Waals surface area (Å²) in [5.41, 5.74) is 5.61. The second kappa shape index (κ2) is 8.08. The third-order valence-corrected chi connectivity index (χ3v) is 5.01. The summed E-state index contributed by atoms with van der Waals surface area (Å²) in [4.78, 5) is 17.1. The minimum Gasteiger partial charge on any atom is -0.339 e. The van der Waals surface area contributed by atoms with Crippen LogP contribution < -0.4 is 5.32 Å². The minimum atomic E-state index is -0.221. The largest absolute Gasteiger partial charge is 0.339 e. The molecule has 5 rings (SSSR count). The number of aromatic amines is 1. The number of aryl methyl sites for hydroxylation is 1. The average molecular weight is 413 g/mol. The predicted octanol–water partition coefficient (Wildman–Crippen LogP) is 3.92. The van der Waals surface area contributed by atoms with Crippen LogP contribution in [-0.2, 0) is 13.1 Å². The van der Waals surface area contributed by atoms with Gasteiger partial charge in [-0.3, -0.25) is 4.98 Å². The van der Waals surface area contributed by atoms with E-state index in [2.05, 4.69) is 25.4 Å². The molecule has 1 aromatic carbocycles. The molecule has 0 aliphatic heterocycles. The Morgan fingerprint density at radius 2 is 1.90 bits per heavy atom. The third kappa shape index (κ3) is 3.93. The van der Waals surface area contributed by atoms with Crippen LogP contribution in [0.4, 0.5) is 4.39 Å². The van der Waals surface area contributed by atoms with E-state index in [-0.39, 0.29) is 5.82 Å². The Bertz CT molecular complexity index is 1360. The average Bonchev–Trinajstić information content (AvgIpc) is 3.41. The number of hydrogen-bond donors (Lipinski definition) is 2. The summed E-state index contributed by atoms with van der Waals surface area (Å²) in [6.45, 7) is 2.82. The zero-order valence-electron chi connectivity index (χ0n) is 16.9. The van der Waals surface area contributed by atoms with E-state index in [1.54, 1.807) is 16.6 Å². The highest BCUT2D eigenvalue weighted by Crippen LogP contribution is 2.29. The molecule has 5 aromatic rings. The van der Waals surface area contributed by atoms with Crippen LogP contribution in [0, 0.1) is 12.7 Å². The lowest BCUT2D eigenvalue weighted by Crippen LogP contribution is -2.14. The molecule has 154 valence electrons. The topological polar surface area (TPSA) is 83.8 Å². The summed E-state index contributed by atoms with van der Waals surface area (Å²) < 4.78 is 15.6. The van der Waals surface area contributed by atoms with E-state index in [0.29, 0.717) is 18.7 Å². The van der Waals surface area contributed by atoms with E-state index in [4.69, 9.17) is 4.98 Å². The summed E-state index contributed by atoms with van der Waals surface area (Å²) in [6.07, 6.45) is 3.42. The van der Waals surface area contributed by atoms with Crippen LogP contribution in [0.25, 0.3) is 28.3 Å². The van der Waals surface area contributed by atoms with Crippen LogP contribution in [0.3, 0.4) is 0 Å². The van der Waals surface area contributed by atoms with Crippen molar-refractivity contribution in [2.75, 3.05) is 0 Å². The van der Waals surface area contributed by atoms with Crippen molar-refractivity contribution < 1.29 is 4.39 Å². The molecular formula is C23H20FN7. The molecule has 4 heterocycles. The summed E-state index contributed by atoms with van der Waals surface area (Å²) >= 11 is 0. The number of pyridine rings is 2. The highest BCUT2D eigenvalue weighted by Gasteiger charge is 2.16. The lowest BCUT2D eigenvalue weighted by Gasteiger charge is -2.04. The smallest absolute Gasteiger partial charge is 0.155 e. The SMILES string of the molecule is Cc1cccc(-c2[nH]c(CNCc3ccccc3F)nc2-c2ccc3ncnn3c2)n1. The number of fused-ring (bicyclic) bond motifs is 1. The molecule has 4 aromatic heterocycles. The van der Waals surface area contributed by atoms with Crippen molar-refractivity contribution in [1.29, 1.82) is 0 Å². The van der Waals surface area contributed by atoms with E-state index >= 15 is 0 Å². The Labute approximate surface area is 178 Å². The molecule has 0 unspecified atom stereocenters. The predicted molar refractivity (Wildman–Crippen MR) is 115 cm³/mol. The number of nitrogens with zero attached hydrogens (tertiary/aromatic N) is 5. The van der Waals surface area contributed by atoms with E-state index in [1.165, 1.54) is 12.4 Å². The summed E-state index contributed by atoms with van der Waals surface area (Å²) in [6, 6.07) is 16.5. The van der Waals surface area contributed by atoms with Gasteiger partial charge in [0.2, 0.25) is 0 Å². The van der Waals surface area contributed by atoms with Crippen molar-refractivity contribution in [2.24, 2.45) is 0 Å². The van der Waals surface area contributed by atoms with Gasteiger partial charge in [-0.05, 0) is 37.3 Å². The van der Waals surface area contributed by atoms with Crippen LogP contribution in [0.15, 0.2) is 67.1 Å². The number of aromatic nitrogens is 6. The van der Waals surface area contributed by atoms with Gasteiger partial charge in [-0.2, -0.15) is 5.10 Å². The van der Waals surface area contributed by atoms with Gasteiger partial charge in [-0.1, -0.05) is 24.3 Å². The molecule has 0 saturated heterocycles. The first-order valence-electron chi connectivity index (χ1n) is 9.94. The summed E-state index contributed by atoms with van der Waals surface area (Å²) in [5.74, 6) is 0.518. The molecule has 31 heavy (non-hydrogen) atoms. The van der Waals surface area contributed by atoms with Gasteiger partial charge in [-0.25, -0.2) is 18.9 Å². The van der Waals surface area contributed by atoms with Gasteiger partial charge in [0.25, 0.3) is 0 Å². The normalized spacial score (nSPS) is 11.3. The molecule has 8 heteroatoms. The van der Waals surface area contributed by atoms with Gasteiger partial charge in [-0.15, -0.1) is 0 Å². The molecule has 0 spiro atoms. The highest BCUT2D eigenvalue weighted by molar-refractivity contribution is 5.77. The van der Waals surface area contributed by atoms with Crippen molar-refractivity contribution in [3.05, 3.63) is 90.0 Å². The van der Waals surface area contributed by atoms with Crippen LogP contribution in [0.1, 0.15) is 17.1 Å². The van der Waals surface area contributed by atoms with Crippen molar-refractivity contribution in [3.8, 4) is 22.6 Å². The molecule has 0 amide bonds. The van der Waals surface area contributed by atoms with Gasteiger partial charge in [0, 0.05) is 29.6 Å². The maximum Gasteiger partial charge on any atom is 0.155 e. The van der Waals surface area contributed by atoms with Gasteiger partial charge in [0.15, 0.2) is 5.65 Å². The number of rotatable bonds is 6. The molecule has 0 atom stereocenters. The van der Waals surface area contributed by atoms with Crippen LogP contribution in [0.2, 0.25) is 0 Å². The van der Waals surface area contributed by atoms with E-state index in [1.807, 2.05) is 49.5 Å². The fourth-order valence-corrected chi connectivity index (χ4v) is 3.50. The number of halogens is 1. The van der Waals surface area contributed by atoms with Crippen LogP contribution in [0.5, 0.6) is 0 Å². The Hall–Kier alpha value is -3.91. The zero-order valence-corrected chi connectivity index (χ0v) is 16.9. The quantitative estimate of drug-likeness (QED) is 0.441. The first kappa shape index (κ1) is 19.1. The van der Waals surface area contributed by atoms with Crippen molar-refractivity contribution in [3.63, 3.8) is 0 Å². The van der Waals surface area contributed by atoms with E-state index < -0.39 is 0 Å². The first-order chi connectivity index (χ1) is 15.2. The maximum absolute atomic E-state index is 13.9. The van der Waals surface area contributed by atoms with Gasteiger partial charge < -0.3 is 10.3 Å². The van der Waals surface area contributed by atoms with Crippen molar-refractivity contribution in [1.82, 2.24) is 34.9 Å². The fraction of sp³-hybridized carbons (Fsp3) is 0.130. The van der Waals surface area contributed by atoms with Crippen molar-refractivity contribution >= 4 is 5.65 Å². The maximum atomic E-state index is 13.9. The molecule has 0 radical (unpaired) electrons. The zero-order chi connectivity index (χ0) is 21.2. The number of H-pyrrole nitrogens is 1. The van der Waals surface area contributed by atoms with Crippen LogP contribution >= 0.6 is 0 Å². The first-order valence-corrected chi connectivity index (χ1v) is 9.94. The molecule has 7 nitrogen and oxygen atoms in total. The van der Waals surface area contributed by atoms with Gasteiger partial charge >= 0.3 is 0 Å².